The molecule has 2 heterocycles. The summed E-state index contributed by atoms with van der Waals surface area (Å²) in [6.45, 7) is 1.86. The van der Waals surface area contributed by atoms with E-state index in [1.54, 1.807) is 50.5 Å². The maximum Gasteiger partial charge on any atom is 0.267 e. The van der Waals surface area contributed by atoms with Crippen LogP contribution in [0.25, 0.3) is 21.8 Å². The summed E-state index contributed by atoms with van der Waals surface area (Å²) in [6, 6.07) is 10.1. The number of aromatic nitrogens is 2. The van der Waals surface area contributed by atoms with Crippen LogP contribution in [-0.4, -0.2) is 46.0 Å². The topological polar surface area (TPSA) is 99.8 Å². The number of carbonyl (C=O) groups is 2. The highest BCUT2D eigenvalue weighted by atomic mass is 35.5. The van der Waals surface area contributed by atoms with Gasteiger partial charge in [-0.15, -0.1) is 0 Å². The van der Waals surface area contributed by atoms with Gasteiger partial charge in [-0.25, -0.2) is 0 Å². The fraction of sp³-hybridized carbons (Fsp3) is 0.250. The van der Waals surface area contributed by atoms with Gasteiger partial charge in [-0.1, -0.05) is 47.5 Å². The Labute approximate surface area is 257 Å². The summed E-state index contributed by atoms with van der Waals surface area (Å²) in [5.74, 6) is -0.469. The van der Waals surface area contributed by atoms with Gasteiger partial charge in [0.2, 0.25) is 0 Å². The summed E-state index contributed by atoms with van der Waals surface area (Å²) in [5, 5.41) is 1.40. The SMILES string of the molecule is CCN(C(=O)c1c(OCCOc2c(C=O)c(=O)n(C)c3cccc(Cl)c23)c2c(Cl)cccc2n(C)c1=O)C1=CCCC=C1. The van der Waals surface area contributed by atoms with Crippen LogP contribution in [0, 0.1) is 0 Å². The fourth-order valence-corrected chi connectivity index (χ4v) is 5.82. The van der Waals surface area contributed by atoms with Gasteiger partial charge in [0.15, 0.2) is 6.29 Å². The molecule has 2 aromatic heterocycles. The number of allylic oxidation sites excluding steroid dienone is 3. The number of aryl methyl sites for hydroxylation is 2. The molecular formula is C32H29Cl2N3O6. The van der Waals surface area contributed by atoms with E-state index < -0.39 is 17.0 Å². The number of aldehydes is 1. The summed E-state index contributed by atoms with van der Waals surface area (Å²) >= 11 is 13.1. The number of pyridine rings is 2. The third-order valence-electron chi connectivity index (χ3n) is 7.44. The number of amides is 1. The van der Waals surface area contributed by atoms with Gasteiger partial charge in [-0.2, -0.15) is 0 Å². The smallest absolute Gasteiger partial charge is 0.267 e. The van der Waals surface area contributed by atoms with Gasteiger partial charge in [0.25, 0.3) is 17.0 Å². The van der Waals surface area contributed by atoms with Crippen molar-refractivity contribution >= 4 is 57.2 Å². The number of rotatable bonds is 9. The number of ether oxygens (including phenoxy) is 2. The molecule has 0 aliphatic heterocycles. The lowest BCUT2D eigenvalue weighted by atomic mass is 10.1. The van der Waals surface area contributed by atoms with Crippen LogP contribution < -0.4 is 20.6 Å². The van der Waals surface area contributed by atoms with E-state index in [1.807, 2.05) is 25.2 Å². The second-order valence-electron chi connectivity index (χ2n) is 9.92. The van der Waals surface area contributed by atoms with Crippen LogP contribution in [0.1, 0.15) is 40.5 Å². The molecule has 5 rings (SSSR count). The van der Waals surface area contributed by atoms with Crippen LogP contribution in [0.3, 0.4) is 0 Å². The summed E-state index contributed by atoms with van der Waals surface area (Å²) in [7, 11) is 3.12. The summed E-state index contributed by atoms with van der Waals surface area (Å²) in [4.78, 5) is 54.0. The maximum absolute atomic E-state index is 14.0. The van der Waals surface area contributed by atoms with Crippen molar-refractivity contribution < 1.29 is 19.1 Å². The number of halogens is 2. The molecule has 0 fully saturated rings. The Morgan fingerprint density at radius 2 is 1.49 bits per heavy atom. The molecule has 0 unspecified atom stereocenters. The van der Waals surface area contributed by atoms with Crippen LogP contribution in [0.4, 0.5) is 0 Å². The molecule has 2 aromatic carbocycles. The molecule has 0 N–H and O–H groups in total. The van der Waals surface area contributed by atoms with Gasteiger partial charge >= 0.3 is 0 Å². The Hall–Kier alpha value is -4.34. The number of fused-ring (bicyclic) bond motifs is 2. The first-order valence-electron chi connectivity index (χ1n) is 13.7. The highest BCUT2D eigenvalue weighted by Crippen LogP contribution is 2.36. The minimum Gasteiger partial charge on any atom is -0.488 e. The largest absolute Gasteiger partial charge is 0.488 e. The highest BCUT2D eigenvalue weighted by Gasteiger charge is 2.29. The minimum atomic E-state index is -0.540. The lowest BCUT2D eigenvalue weighted by Gasteiger charge is -2.25. The second-order valence-corrected chi connectivity index (χ2v) is 10.7. The van der Waals surface area contributed by atoms with Gasteiger partial charge in [0.05, 0.1) is 31.9 Å². The normalized spacial score (nSPS) is 12.8. The molecule has 0 spiro atoms. The Balaban J connectivity index is 1.55. The molecule has 0 bridgehead atoms. The maximum atomic E-state index is 14.0. The standard InChI is InChI=1S/C32H29Cl2N3O6/c1-4-37(19-10-6-5-7-11-19)32(41)27-29(26-22(34)13-9-15-24(26)36(3)31(27)40)43-17-16-42-28-20(18-38)30(39)35(2)23-14-8-12-21(33)25(23)28/h6,8-15,18H,4-5,7,16-17H2,1-3H3. The first-order chi connectivity index (χ1) is 20.7. The summed E-state index contributed by atoms with van der Waals surface area (Å²) in [5.41, 5.74) is 0.240. The van der Waals surface area contributed by atoms with Crippen LogP contribution in [0.5, 0.6) is 11.5 Å². The van der Waals surface area contributed by atoms with Gasteiger partial charge in [-0.3, -0.25) is 19.2 Å². The molecule has 1 aliphatic carbocycles. The number of likely N-dealkylation sites (N-methyl/N-ethyl adjacent to an activating group) is 1. The average molecular weight is 623 g/mol. The number of nitrogens with zero attached hydrogens (tertiary/aromatic N) is 3. The Morgan fingerprint density at radius 3 is 2.05 bits per heavy atom. The Morgan fingerprint density at radius 1 is 0.907 bits per heavy atom. The van der Waals surface area contributed by atoms with E-state index in [0.717, 1.165) is 12.8 Å². The molecule has 0 saturated carbocycles. The van der Waals surface area contributed by atoms with Crippen molar-refractivity contribution in [2.75, 3.05) is 19.8 Å². The van der Waals surface area contributed by atoms with E-state index in [1.165, 1.54) is 14.0 Å². The van der Waals surface area contributed by atoms with Crippen LogP contribution in [-0.2, 0) is 14.1 Å². The first kappa shape index (κ1) is 30.1. The van der Waals surface area contributed by atoms with Crippen molar-refractivity contribution in [3.05, 3.63) is 102 Å². The van der Waals surface area contributed by atoms with Crippen molar-refractivity contribution in [3.8, 4) is 11.5 Å². The zero-order chi connectivity index (χ0) is 30.8. The third kappa shape index (κ3) is 5.34. The van der Waals surface area contributed by atoms with Crippen molar-refractivity contribution in [3.63, 3.8) is 0 Å². The molecule has 0 radical (unpaired) electrons. The lowest BCUT2D eigenvalue weighted by Crippen LogP contribution is -2.36. The van der Waals surface area contributed by atoms with Crippen molar-refractivity contribution in [2.45, 2.75) is 19.8 Å². The zero-order valence-electron chi connectivity index (χ0n) is 23.9. The van der Waals surface area contributed by atoms with Gasteiger partial charge in [-0.05, 0) is 50.1 Å². The molecule has 1 amide bonds. The van der Waals surface area contributed by atoms with Crippen molar-refractivity contribution in [1.82, 2.24) is 14.0 Å². The molecule has 4 aromatic rings. The summed E-state index contributed by atoms with van der Waals surface area (Å²) < 4.78 is 14.8. The van der Waals surface area contributed by atoms with E-state index in [-0.39, 0.29) is 35.8 Å². The number of benzene rings is 2. The molecule has 9 nitrogen and oxygen atoms in total. The van der Waals surface area contributed by atoms with Crippen molar-refractivity contribution in [1.29, 1.82) is 0 Å². The molecule has 1 aliphatic rings. The molecule has 11 heteroatoms. The second kappa shape index (κ2) is 12.5. The van der Waals surface area contributed by atoms with Gasteiger partial charge in [0, 0.05) is 26.3 Å². The minimum absolute atomic E-state index is 0.0265. The van der Waals surface area contributed by atoms with Crippen LogP contribution >= 0.6 is 23.2 Å². The zero-order valence-corrected chi connectivity index (χ0v) is 25.4. The van der Waals surface area contributed by atoms with E-state index in [4.69, 9.17) is 32.7 Å². The van der Waals surface area contributed by atoms with Gasteiger partial charge in [0.1, 0.15) is 35.8 Å². The number of carbonyl (C=O) groups excluding carboxylic acids is 2. The highest BCUT2D eigenvalue weighted by molar-refractivity contribution is 6.36. The molecular weight excluding hydrogens is 593 g/mol. The van der Waals surface area contributed by atoms with E-state index in [0.29, 0.717) is 50.4 Å². The first-order valence-corrected chi connectivity index (χ1v) is 14.5. The molecule has 0 saturated heterocycles. The fourth-order valence-electron chi connectivity index (χ4n) is 5.31. The molecule has 222 valence electrons. The van der Waals surface area contributed by atoms with E-state index >= 15 is 0 Å². The monoisotopic (exact) mass is 621 g/mol. The Bertz CT molecular complexity index is 1960. The average Bonchev–Trinajstić information content (AvgIpc) is 3.01. The number of hydrogen-bond acceptors (Lipinski definition) is 6. The van der Waals surface area contributed by atoms with Crippen LogP contribution in [0.15, 0.2) is 69.9 Å². The number of hydrogen-bond donors (Lipinski definition) is 0. The quantitative estimate of drug-likeness (QED) is 0.176. The van der Waals surface area contributed by atoms with E-state index in [2.05, 4.69) is 0 Å². The predicted octanol–water partition coefficient (Wildman–Crippen LogP) is 5.66. The van der Waals surface area contributed by atoms with Crippen molar-refractivity contribution in [2.24, 2.45) is 14.1 Å². The summed E-state index contributed by atoms with van der Waals surface area (Å²) in [6.07, 6.45) is 7.88. The third-order valence-corrected chi connectivity index (χ3v) is 8.07. The molecule has 0 atom stereocenters. The van der Waals surface area contributed by atoms with E-state index in [9.17, 15) is 19.2 Å². The lowest BCUT2D eigenvalue weighted by molar-refractivity contribution is 0.0808. The molecule has 43 heavy (non-hydrogen) atoms. The Kier molecular flexibility index (Phi) is 8.75. The van der Waals surface area contributed by atoms with Crippen LogP contribution in [0.2, 0.25) is 10.0 Å². The van der Waals surface area contributed by atoms with Gasteiger partial charge < -0.3 is 23.5 Å². The predicted molar refractivity (Wildman–Crippen MR) is 168 cm³/mol.